The highest BCUT2D eigenvalue weighted by Gasteiger charge is 2.51. The molecule has 5 heterocycles. The molecule has 0 radical (unpaired) electrons. The monoisotopic (exact) mass is 1050 g/mol. The van der Waals surface area contributed by atoms with E-state index in [1.807, 2.05) is 0 Å². The van der Waals surface area contributed by atoms with E-state index < -0.39 is 6.85 Å². The van der Waals surface area contributed by atoms with E-state index in [2.05, 4.69) is 246 Å². The Labute approximate surface area is 472 Å². The van der Waals surface area contributed by atoms with Crippen LogP contribution in [0.15, 0.2) is 153 Å². The summed E-state index contributed by atoms with van der Waals surface area (Å²) in [5.74, 6) is 0. The average Bonchev–Trinajstić information content (AvgIpc) is 3.59. The predicted molar refractivity (Wildman–Crippen MR) is 338 cm³/mol. The second-order valence-electron chi connectivity index (χ2n) is 29.0. The molecule has 0 N–H and O–H groups in total. The molecule has 3 aromatic heterocycles. The minimum Gasteiger partial charge on any atom is -0.466 e. The summed E-state index contributed by atoms with van der Waals surface area (Å²) in [5, 5.41) is 5.58. The minimum absolute atomic E-state index is 0.0235. The van der Waals surface area contributed by atoms with Crippen LogP contribution in [-0.4, -0.2) is 6.85 Å². The first-order chi connectivity index (χ1) is 37.9. The van der Waals surface area contributed by atoms with Gasteiger partial charge >= 0.3 is 6.85 Å². The molecule has 4 aliphatic rings. The number of hydrogen-bond acceptors (Lipinski definition) is 5. The van der Waals surface area contributed by atoms with Gasteiger partial charge in [0, 0.05) is 66.8 Å². The van der Waals surface area contributed by atoms with E-state index in [0.29, 0.717) is 0 Å². The van der Waals surface area contributed by atoms with Gasteiger partial charge in [-0.2, -0.15) is 0 Å². The van der Waals surface area contributed by atoms with Gasteiger partial charge in [0.05, 0.1) is 11.4 Å². The van der Waals surface area contributed by atoms with Crippen LogP contribution < -0.4 is 20.8 Å². The highest BCUT2D eigenvalue weighted by Crippen LogP contribution is 2.57. The third kappa shape index (κ3) is 7.02. The Bertz CT molecular complexity index is 4450. The summed E-state index contributed by atoms with van der Waals surface area (Å²) >= 11 is 0. The molecule has 5 nitrogen and oxygen atoms in total. The van der Waals surface area contributed by atoms with Crippen molar-refractivity contribution < 1.29 is 13.3 Å². The summed E-state index contributed by atoms with van der Waals surface area (Å²) in [7, 11) is 0. The first-order valence-electron chi connectivity index (χ1n) is 29.4. The van der Waals surface area contributed by atoms with Crippen molar-refractivity contribution in [3.63, 3.8) is 0 Å². The van der Waals surface area contributed by atoms with Gasteiger partial charge in [-0.15, -0.1) is 0 Å². The number of nitrogens with zero attached hydrogens (tertiary/aromatic N) is 2. The zero-order valence-electron chi connectivity index (χ0n) is 49.3. The van der Waals surface area contributed by atoms with Crippen LogP contribution in [0.5, 0.6) is 0 Å². The molecule has 0 bridgehead atoms. The van der Waals surface area contributed by atoms with Crippen LogP contribution in [0.1, 0.15) is 156 Å². The van der Waals surface area contributed by atoms with Crippen LogP contribution >= 0.6 is 0 Å². The van der Waals surface area contributed by atoms with E-state index in [4.69, 9.17) is 13.3 Å². The molecular formula is C74H73BN2O3. The van der Waals surface area contributed by atoms with Crippen molar-refractivity contribution >= 4 is 101 Å². The molecule has 0 atom stereocenters. The predicted octanol–water partition coefficient (Wildman–Crippen LogP) is 19.9. The summed E-state index contributed by atoms with van der Waals surface area (Å²) in [6.45, 7) is 32.8. The summed E-state index contributed by atoms with van der Waals surface area (Å²) in [6, 6.07) is 53.2. The molecule has 0 saturated carbocycles. The van der Waals surface area contributed by atoms with Gasteiger partial charge in [-0.05, 0) is 169 Å². The summed E-state index contributed by atoms with van der Waals surface area (Å²) < 4.78 is 22.4. The lowest BCUT2D eigenvalue weighted by atomic mass is 9.45. The quantitative estimate of drug-likeness (QED) is 0.165. The maximum Gasteiger partial charge on any atom is 0.376 e. The molecule has 0 fully saturated rings. The Kier molecular flexibility index (Phi) is 10.0. The van der Waals surface area contributed by atoms with Gasteiger partial charge in [0.25, 0.3) is 0 Å². The molecule has 2 aliphatic heterocycles. The van der Waals surface area contributed by atoms with E-state index >= 15 is 0 Å². The van der Waals surface area contributed by atoms with E-state index in [-0.39, 0.29) is 32.5 Å². The smallest absolute Gasteiger partial charge is 0.376 e. The number of furan rings is 3. The SMILES string of the molecule is CC(C)(C)c1ccc(N2B3c4oc5cc6c(cc5c4N(c4ccc(C(C)(C)C)cc4-c4ccccc4)c4cc5c(oc7ccccc75)c(c43)-c3cc4c(cc32)oc2cc3c(cc24)C(C)(C)CCC3(C)C)C(C)(C)CCC6(C)C)cc1. The van der Waals surface area contributed by atoms with Crippen LogP contribution in [0.2, 0.25) is 0 Å². The van der Waals surface area contributed by atoms with Crippen molar-refractivity contribution in [2.75, 3.05) is 9.71 Å². The van der Waals surface area contributed by atoms with E-state index in [1.54, 1.807) is 0 Å². The Morgan fingerprint density at radius 2 is 0.975 bits per heavy atom. The molecule has 0 spiro atoms. The van der Waals surface area contributed by atoms with E-state index in [9.17, 15) is 0 Å². The molecule has 11 aromatic rings. The normalized spacial score (nSPS) is 17.8. The number of para-hydroxylation sites is 1. The lowest BCUT2D eigenvalue weighted by Gasteiger charge is -2.44. The molecule has 6 heteroatoms. The lowest BCUT2D eigenvalue weighted by molar-refractivity contribution is 0.332. The van der Waals surface area contributed by atoms with E-state index in [0.717, 1.165) is 131 Å². The van der Waals surface area contributed by atoms with Gasteiger partial charge in [-0.3, -0.25) is 0 Å². The van der Waals surface area contributed by atoms with Gasteiger partial charge in [0.2, 0.25) is 0 Å². The summed E-state index contributed by atoms with van der Waals surface area (Å²) in [5.41, 5.74) is 24.6. The molecular weight excluding hydrogens is 976 g/mol. The van der Waals surface area contributed by atoms with Gasteiger partial charge in [-0.25, -0.2) is 0 Å². The molecule has 80 heavy (non-hydrogen) atoms. The van der Waals surface area contributed by atoms with Crippen molar-refractivity contribution in [2.24, 2.45) is 0 Å². The third-order valence-electron chi connectivity index (χ3n) is 19.9. The highest BCUT2D eigenvalue weighted by atomic mass is 16.3. The first kappa shape index (κ1) is 49.6. The van der Waals surface area contributed by atoms with Crippen molar-refractivity contribution in [1.82, 2.24) is 0 Å². The van der Waals surface area contributed by atoms with Crippen molar-refractivity contribution in [2.45, 2.75) is 155 Å². The second kappa shape index (κ2) is 16.1. The summed E-state index contributed by atoms with van der Waals surface area (Å²) in [4.78, 5) is 5.19. The van der Waals surface area contributed by atoms with Crippen molar-refractivity contribution in [3.8, 4) is 22.3 Å². The Hall–Kier alpha value is -7.44. The lowest BCUT2D eigenvalue weighted by Crippen LogP contribution is -2.61. The fourth-order valence-electron chi connectivity index (χ4n) is 14.8. The number of fused-ring (bicyclic) bond motifs is 15. The topological polar surface area (TPSA) is 45.9 Å². The number of benzene rings is 8. The van der Waals surface area contributed by atoms with Crippen LogP contribution in [0.25, 0.3) is 77.1 Å². The van der Waals surface area contributed by atoms with Crippen LogP contribution in [0, 0.1) is 0 Å². The van der Waals surface area contributed by atoms with Gasteiger partial charge in [-0.1, -0.05) is 164 Å². The molecule has 0 saturated heterocycles. The van der Waals surface area contributed by atoms with Crippen LogP contribution in [-0.2, 0) is 32.5 Å². The number of anilines is 5. The maximum atomic E-state index is 7.85. The van der Waals surface area contributed by atoms with E-state index in [1.165, 1.54) is 44.5 Å². The zero-order chi connectivity index (χ0) is 55.5. The molecule has 400 valence electrons. The van der Waals surface area contributed by atoms with Crippen LogP contribution in [0.3, 0.4) is 0 Å². The molecule has 0 amide bonds. The van der Waals surface area contributed by atoms with Gasteiger partial charge in [0.15, 0.2) is 0 Å². The Morgan fingerprint density at radius 3 is 1.61 bits per heavy atom. The molecule has 15 rings (SSSR count). The van der Waals surface area contributed by atoms with Crippen molar-refractivity contribution in [1.29, 1.82) is 0 Å². The second-order valence-corrected chi connectivity index (χ2v) is 29.0. The number of rotatable bonds is 3. The standard InChI is InChI=1S/C74H73BN2O3/c1-69(2,3)43-24-27-45(28-25-43)77-58-41-63-48(49-36-53-55(39-61(49)78-63)73(11,12)32-30-71(53,7)8)35-51(58)64-65-59(38-50-46-22-18-19-23-60(46)79-67(50)64)76(57-29-26-44(70(4,5)6)34-47(57)42-20-16-15-17-21-42)66-52-37-54-56(40-62(52)80-68(66)75(65)77)74(13,14)33-31-72(54,9)10/h15-29,34-41H,30-33H2,1-14H3. The average molecular weight is 1050 g/mol. The van der Waals surface area contributed by atoms with Gasteiger partial charge in [0.1, 0.15) is 33.6 Å². The highest BCUT2D eigenvalue weighted by molar-refractivity contribution is 6.93. The largest absolute Gasteiger partial charge is 0.466 e. The fraction of sp³-hybridized carbons (Fsp3) is 0.324. The van der Waals surface area contributed by atoms with Gasteiger partial charge < -0.3 is 23.0 Å². The van der Waals surface area contributed by atoms with Crippen LogP contribution in [0.4, 0.5) is 28.4 Å². The molecule has 2 aliphatic carbocycles. The molecule has 0 unspecified atom stereocenters. The number of hydrogen-bond donors (Lipinski definition) is 0. The Balaban J connectivity index is 1.13. The minimum atomic E-state index is -0.410. The third-order valence-corrected chi connectivity index (χ3v) is 19.9. The first-order valence-corrected chi connectivity index (χ1v) is 29.4. The molecule has 8 aromatic carbocycles. The zero-order valence-corrected chi connectivity index (χ0v) is 49.3. The summed E-state index contributed by atoms with van der Waals surface area (Å²) in [6.07, 6.45) is 4.49. The maximum absolute atomic E-state index is 7.85. The Morgan fingerprint density at radius 1 is 0.425 bits per heavy atom. The fourth-order valence-corrected chi connectivity index (χ4v) is 14.8. The van der Waals surface area contributed by atoms with Crippen molar-refractivity contribution in [3.05, 3.63) is 173 Å².